The number of aromatic nitrogens is 2. The molecule has 1 aliphatic heterocycles. The number of hydrogen-bond acceptors (Lipinski definition) is 5. The van der Waals surface area contributed by atoms with Crippen molar-refractivity contribution in [2.45, 2.75) is 24.8 Å². The minimum absolute atomic E-state index is 0.0252. The van der Waals surface area contributed by atoms with Crippen LogP contribution in [0.25, 0.3) is 20.9 Å². The summed E-state index contributed by atoms with van der Waals surface area (Å²) >= 11 is 1.45. The van der Waals surface area contributed by atoms with Gasteiger partial charge < -0.3 is 5.11 Å². The number of pyridine rings is 1. The van der Waals surface area contributed by atoms with E-state index in [0.29, 0.717) is 35.9 Å². The van der Waals surface area contributed by atoms with Crippen molar-refractivity contribution in [3.8, 4) is 10.6 Å². The lowest BCUT2D eigenvalue weighted by atomic mass is 9.92. The quantitative estimate of drug-likeness (QED) is 0.435. The highest BCUT2D eigenvalue weighted by Gasteiger charge is 2.47. The van der Waals surface area contributed by atoms with Gasteiger partial charge in [0.2, 0.25) is 0 Å². The minimum atomic E-state index is -0.767. The van der Waals surface area contributed by atoms with E-state index in [1.165, 1.54) is 23.0 Å². The summed E-state index contributed by atoms with van der Waals surface area (Å²) in [5.41, 5.74) is 4.26. The Bertz CT molecular complexity index is 1360. The first-order valence-corrected chi connectivity index (χ1v) is 11.9. The van der Waals surface area contributed by atoms with Gasteiger partial charge in [-0.15, -0.1) is 11.3 Å². The summed E-state index contributed by atoms with van der Waals surface area (Å²) in [4.78, 5) is 22.5. The first kappa shape index (κ1) is 20.4. The van der Waals surface area contributed by atoms with E-state index in [1.807, 2.05) is 17.0 Å². The second kappa shape index (κ2) is 7.71. The molecular formula is C26H22FN3O2S. The number of rotatable bonds is 6. The first-order valence-electron chi connectivity index (χ1n) is 11.1. The predicted molar refractivity (Wildman–Crippen MR) is 126 cm³/mol. The average Bonchev–Trinajstić information content (AvgIpc) is 3.49. The molecule has 2 aromatic carbocycles. The van der Waals surface area contributed by atoms with Crippen LogP contribution in [0, 0.1) is 11.7 Å². The van der Waals surface area contributed by atoms with Gasteiger partial charge in [0.05, 0.1) is 16.3 Å². The Kier molecular flexibility index (Phi) is 4.78. The number of thiazole rings is 1. The molecule has 1 N–H and O–H groups in total. The van der Waals surface area contributed by atoms with Crippen LogP contribution in [-0.2, 0) is 16.8 Å². The van der Waals surface area contributed by atoms with Crippen molar-refractivity contribution in [2.24, 2.45) is 5.92 Å². The van der Waals surface area contributed by atoms with Crippen LogP contribution in [0.4, 0.5) is 4.39 Å². The van der Waals surface area contributed by atoms with Crippen molar-refractivity contribution in [1.82, 2.24) is 14.9 Å². The summed E-state index contributed by atoms with van der Waals surface area (Å²) in [6.07, 6.45) is 2.15. The second-order valence-corrected chi connectivity index (χ2v) is 10.1. The second-order valence-electron chi connectivity index (χ2n) is 9.03. The SMILES string of the molecule is O=C(O)C1CN(Cc2ccc(-c3nc4nc(C5(c6ccccc6)CC5)ccc4s3)c(F)c2)C1. The van der Waals surface area contributed by atoms with Crippen LogP contribution in [-0.4, -0.2) is 39.0 Å². The monoisotopic (exact) mass is 459 g/mol. The molecule has 0 amide bonds. The standard InChI is InChI=1S/C26H22FN3O2S/c27-20-12-16(13-30-14-17(15-30)25(31)32)6-7-19(20)24-29-23-21(33-24)8-9-22(28-23)26(10-11-26)18-4-2-1-3-5-18/h1-9,12,17H,10-11,13-15H2,(H,31,32). The normalized spacial score (nSPS) is 17.7. The first-order chi connectivity index (χ1) is 16.0. The molecule has 6 rings (SSSR count). The lowest BCUT2D eigenvalue weighted by Crippen LogP contribution is -2.49. The molecule has 5 nitrogen and oxygen atoms in total. The number of carbonyl (C=O) groups is 1. The molecule has 2 aliphatic rings. The van der Waals surface area contributed by atoms with Gasteiger partial charge in [-0.05, 0) is 48.2 Å². The van der Waals surface area contributed by atoms with E-state index in [9.17, 15) is 9.18 Å². The van der Waals surface area contributed by atoms with E-state index in [1.54, 1.807) is 6.07 Å². The van der Waals surface area contributed by atoms with Crippen molar-refractivity contribution in [2.75, 3.05) is 13.1 Å². The van der Waals surface area contributed by atoms with Gasteiger partial charge in [0.25, 0.3) is 0 Å². The summed E-state index contributed by atoms with van der Waals surface area (Å²) in [7, 11) is 0. The zero-order chi connectivity index (χ0) is 22.6. The lowest BCUT2D eigenvalue weighted by molar-refractivity contribution is -0.147. The number of aliphatic carboxylic acids is 1. The summed E-state index contributed by atoms with van der Waals surface area (Å²) in [6.45, 7) is 1.57. The van der Waals surface area contributed by atoms with Crippen molar-refractivity contribution in [3.63, 3.8) is 0 Å². The third-order valence-electron chi connectivity index (χ3n) is 6.80. The van der Waals surface area contributed by atoms with Crippen molar-refractivity contribution < 1.29 is 14.3 Å². The fraction of sp³-hybridized carbons (Fsp3) is 0.269. The van der Waals surface area contributed by atoms with Gasteiger partial charge in [-0.2, -0.15) is 0 Å². The largest absolute Gasteiger partial charge is 0.481 e. The molecule has 7 heteroatoms. The predicted octanol–water partition coefficient (Wildman–Crippen LogP) is 5.09. The summed E-state index contributed by atoms with van der Waals surface area (Å²) in [6, 6.07) is 19.8. The molecule has 2 aromatic heterocycles. The molecule has 166 valence electrons. The maximum absolute atomic E-state index is 15.0. The molecule has 1 saturated heterocycles. The fourth-order valence-electron chi connectivity index (χ4n) is 4.72. The summed E-state index contributed by atoms with van der Waals surface area (Å²) < 4.78 is 15.9. The van der Waals surface area contributed by atoms with Crippen LogP contribution in [0.15, 0.2) is 60.7 Å². The minimum Gasteiger partial charge on any atom is -0.481 e. The zero-order valence-corrected chi connectivity index (χ0v) is 18.7. The van der Waals surface area contributed by atoms with Gasteiger partial charge in [-0.25, -0.2) is 14.4 Å². The van der Waals surface area contributed by atoms with E-state index in [-0.39, 0.29) is 17.2 Å². The van der Waals surface area contributed by atoms with Gasteiger partial charge in [0.1, 0.15) is 10.8 Å². The Morgan fingerprint density at radius 3 is 2.58 bits per heavy atom. The Morgan fingerprint density at radius 1 is 1.09 bits per heavy atom. The van der Waals surface area contributed by atoms with Crippen LogP contribution in [0.1, 0.15) is 29.7 Å². The van der Waals surface area contributed by atoms with E-state index >= 15 is 0 Å². The number of hydrogen-bond donors (Lipinski definition) is 1. The maximum atomic E-state index is 15.0. The summed E-state index contributed by atoms with van der Waals surface area (Å²) in [5, 5.41) is 9.63. The number of likely N-dealkylation sites (tertiary alicyclic amines) is 1. The Hall–Kier alpha value is -3.16. The molecule has 1 saturated carbocycles. The van der Waals surface area contributed by atoms with Gasteiger partial charge in [0.15, 0.2) is 5.65 Å². The molecule has 0 spiro atoms. The number of benzene rings is 2. The third-order valence-corrected chi connectivity index (χ3v) is 7.84. The van der Waals surface area contributed by atoms with Crippen molar-refractivity contribution in [1.29, 1.82) is 0 Å². The van der Waals surface area contributed by atoms with Crippen LogP contribution >= 0.6 is 11.3 Å². The van der Waals surface area contributed by atoms with Crippen LogP contribution in [0.5, 0.6) is 0 Å². The molecule has 0 bridgehead atoms. The van der Waals surface area contributed by atoms with Gasteiger partial charge >= 0.3 is 5.97 Å². The van der Waals surface area contributed by atoms with Gasteiger partial charge in [0, 0.05) is 30.6 Å². The smallest absolute Gasteiger partial charge is 0.309 e. The molecule has 0 unspecified atom stereocenters. The topological polar surface area (TPSA) is 66.3 Å². The van der Waals surface area contributed by atoms with Crippen LogP contribution < -0.4 is 0 Å². The highest BCUT2D eigenvalue weighted by atomic mass is 32.1. The molecule has 2 fully saturated rings. The fourth-order valence-corrected chi connectivity index (χ4v) is 5.65. The third kappa shape index (κ3) is 3.61. The number of nitrogens with zero attached hydrogens (tertiary/aromatic N) is 3. The molecule has 4 aromatic rings. The molecule has 0 radical (unpaired) electrons. The van der Waals surface area contributed by atoms with Crippen molar-refractivity contribution >= 4 is 27.7 Å². The van der Waals surface area contributed by atoms with E-state index in [0.717, 1.165) is 28.8 Å². The average molecular weight is 460 g/mol. The Labute approximate surface area is 194 Å². The molecule has 3 heterocycles. The molecular weight excluding hydrogens is 437 g/mol. The highest BCUT2D eigenvalue weighted by molar-refractivity contribution is 7.21. The number of halogens is 1. The van der Waals surface area contributed by atoms with Crippen LogP contribution in [0.3, 0.4) is 0 Å². The summed E-state index contributed by atoms with van der Waals surface area (Å²) in [5.74, 6) is -1.40. The number of carboxylic acids is 1. The van der Waals surface area contributed by atoms with Gasteiger partial charge in [-0.1, -0.05) is 36.4 Å². The molecule has 0 atom stereocenters. The lowest BCUT2D eigenvalue weighted by Gasteiger charge is -2.36. The van der Waals surface area contributed by atoms with Gasteiger partial charge in [-0.3, -0.25) is 9.69 Å². The number of fused-ring (bicyclic) bond motifs is 1. The molecule has 1 aliphatic carbocycles. The highest BCUT2D eigenvalue weighted by Crippen LogP contribution is 2.53. The Morgan fingerprint density at radius 2 is 1.88 bits per heavy atom. The van der Waals surface area contributed by atoms with E-state index in [4.69, 9.17) is 10.1 Å². The Balaban J connectivity index is 1.25. The van der Waals surface area contributed by atoms with E-state index < -0.39 is 5.97 Å². The molecule has 33 heavy (non-hydrogen) atoms. The van der Waals surface area contributed by atoms with E-state index in [2.05, 4.69) is 41.4 Å². The van der Waals surface area contributed by atoms with Crippen molar-refractivity contribution in [3.05, 3.63) is 83.3 Å². The number of carboxylic acid groups (broad SMARTS) is 1. The zero-order valence-electron chi connectivity index (χ0n) is 17.9. The van der Waals surface area contributed by atoms with Crippen LogP contribution in [0.2, 0.25) is 0 Å². The maximum Gasteiger partial charge on any atom is 0.309 e.